The molecular formula is C24H21FO3. The molecule has 0 radical (unpaired) electrons. The molecule has 0 spiro atoms. The van der Waals surface area contributed by atoms with Gasteiger partial charge in [-0.2, -0.15) is 0 Å². The topological polar surface area (TPSA) is 43.4 Å². The summed E-state index contributed by atoms with van der Waals surface area (Å²) in [5, 5.41) is 0. The molecule has 0 fully saturated rings. The normalized spacial score (nSPS) is 11.7. The molecule has 0 N–H and O–H groups in total. The second-order valence-electron chi connectivity index (χ2n) is 6.69. The van der Waals surface area contributed by atoms with Crippen molar-refractivity contribution < 1.29 is 18.7 Å². The summed E-state index contributed by atoms with van der Waals surface area (Å²) in [7, 11) is 0. The first-order valence-electron chi connectivity index (χ1n) is 9.07. The van der Waals surface area contributed by atoms with Crippen LogP contribution in [0.4, 0.5) is 4.39 Å². The van der Waals surface area contributed by atoms with Gasteiger partial charge in [-0.25, -0.2) is 4.39 Å². The smallest absolute Gasteiger partial charge is 0.167 e. The summed E-state index contributed by atoms with van der Waals surface area (Å²) >= 11 is 0. The van der Waals surface area contributed by atoms with Crippen LogP contribution in [0.3, 0.4) is 0 Å². The van der Waals surface area contributed by atoms with Crippen LogP contribution in [0.15, 0.2) is 72.8 Å². The van der Waals surface area contributed by atoms with E-state index in [0.29, 0.717) is 16.9 Å². The largest absolute Gasteiger partial charge is 0.486 e. The summed E-state index contributed by atoms with van der Waals surface area (Å²) in [6, 6.07) is 20.2. The molecule has 0 aliphatic rings. The predicted molar refractivity (Wildman–Crippen MR) is 106 cm³/mol. The Hall–Kier alpha value is -3.27. The van der Waals surface area contributed by atoms with Gasteiger partial charge in [0.15, 0.2) is 11.6 Å². The second-order valence-corrected chi connectivity index (χ2v) is 6.69. The quantitative estimate of drug-likeness (QED) is 0.505. The van der Waals surface area contributed by atoms with E-state index in [-0.39, 0.29) is 29.9 Å². The highest BCUT2D eigenvalue weighted by Gasteiger charge is 2.12. The van der Waals surface area contributed by atoms with Gasteiger partial charge < -0.3 is 4.74 Å². The summed E-state index contributed by atoms with van der Waals surface area (Å²) in [4.78, 5) is 24.0. The van der Waals surface area contributed by atoms with Gasteiger partial charge in [-0.05, 0) is 49.2 Å². The Balaban J connectivity index is 1.68. The maximum Gasteiger partial charge on any atom is 0.167 e. The van der Waals surface area contributed by atoms with Gasteiger partial charge in [0.25, 0.3) is 0 Å². The number of hydrogen-bond donors (Lipinski definition) is 0. The van der Waals surface area contributed by atoms with Crippen LogP contribution >= 0.6 is 0 Å². The van der Waals surface area contributed by atoms with Crippen molar-refractivity contribution in [1.29, 1.82) is 0 Å². The lowest BCUT2D eigenvalue weighted by molar-refractivity contribution is 0.0990. The molecule has 3 rings (SSSR count). The predicted octanol–water partition coefficient (Wildman–Crippen LogP) is 5.59. The maximum atomic E-state index is 13.1. The summed E-state index contributed by atoms with van der Waals surface area (Å²) in [5.41, 5.74) is 2.88. The van der Waals surface area contributed by atoms with Crippen molar-refractivity contribution in [2.45, 2.75) is 26.4 Å². The van der Waals surface area contributed by atoms with Gasteiger partial charge in [0, 0.05) is 17.5 Å². The number of halogens is 1. The zero-order valence-electron chi connectivity index (χ0n) is 15.8. The highest BCUT2D eigenvalue weighted by Crippen LogP contribution is 2.23. The lowest BCUT2D eigenvalue weighted by Crippen LogP contribution is -2.06. The first kappa shape index (κ1) is 19.5. The summed E-state index contributed by atoms with van der Waals surface area (Å²) in [5.74, 6) is 0.253. The minimum absolute atomic E-state index is 0.00185. The first-order chi connectivity index (χ1) is 13.4. The van der Waals surface area contributed by atoms with E-state index in [1.54, 1.807) is 60.7 Å². The van der Waals surface area contributed by atoms with Gasteiger partial charge in [-0.15, -0.1) is 0 Å². The van der Waals surface area contributed by atoms with Crippen LogP contribution in [-0.4, -0.2) is 11.6 Å². The molecule has 3 aromatic carbocycles. The number of carbonyl (C=O) groups is 2. The highest BCUT2D eigenvalue weighted by molar-refractivity contribution is 5.98. The van der Waals surface area contributed by atoms with Crippen molar-refractivity contribution >= 4 is 11.6 Å². The SMILES string of the molecule is CC(=O)c1ccc(CC(=O)c2cccc(O[C@@H](C)c3ccc(F)cc3)c2)cc1. The molecule has 3 nitrogen and oxygen atoms in total. The van der Waals surface area contributed by atoms with Crippen molar-refractivity contribution in [2.24, 2.45) is 0 Å². The monoisotopic (exact) mass is 376 g/mol. The second kappa shape index (κ2) is 8.61. The molecule has 4 heteroatoms. The average molecular weight is 376 g/mol. The number of hydrogen-bond acceptors (Lipinski definition) is 3. The Kier molecular flexibility index (Phi) is 5.99. The lowest BCUT2D eigenvalue weighted by atomic mass is 10.0. The standard InChI is InChI=1S/C24H21FO3/c1-16(26)19-8-6-18(7-9-19)14-24(27)21-4-3-5-23(15-21)28-17(2)20-10-12-22(25)13-11-20/h3-13,15,17H,14H2,1-2H3/t17-/m0/s1. The minimum atomic E-state index is -0.292. The number of ether oxygens (including phenoxy) is 1. The molecule has 28 heavy (non-hydrogen) atoms. The molecule has 0 saturated carbocycles. The molecule has 0 heterocycles. The van der Waals surface area contributed by atoms with Crippen molar-refractivity contribution in [1.82, 2.24) is 0 Å². The Morgan fingerprint density at radius 1 is 0.929 bits per heavy atom. The van der Waals surface area contributed by atoms with Gasteiger partial charge in [-0.3, -0.25) is 9.59 Å². The third kappa shape index (κ3) is 4.92. The molecule has 0 aliphatic carbocycles. The van der Waals surface area contributed by atoms with E-state index in [2.05, 4.69) is 0 Å². The Labute approximate surface area is 163 Å². The number of Topliss-reactive ketones (excluding diaryl/α,β-unsaturated/α-hetero) is 2. The lowest BCUT2D eigenvalue weighted by Gasteiger charge is -2.15. The summed E-state index contributed by atoms with van der Waals surface area (Å²) < 4.78 is 19.0. The van der Waals surface area contributed by atoms with E-state index in [1.807, 2.05) is 6.92 Å². The number of ketones is 2. The fourth-order valence-corrected chi connectivity index (χ4v) is 2.89. The number of benzene rings is 3. The zero-order valence-corrected chi connectivity index (χ0v) is 15.8. The summed E-state index contributed by atoms with van der Waals surface area (Å²) in [6.45, 7) is 3.39. The van der Waals surface area contributed by atoms with Crippen molar-refractivity contribution in [3.63, 3.8) is 0 Å². The van der Waals surface area contributed by atoms with E-state index < -0.39 is 0 Å². The van der Waals surface area contributed by atoms with Gasteiger partial charge >= 0.3 is 0 Å². The molecule has 0 saturated heterocycles. The molecule has 0 aromatic heterocycles. The number of carbonyl (C=O) groups excluding carboxylic acids is 2. The molecule has 0 bridgehead atoms. The molecule has 0 unspecified atom stereocenters. The fraction of sp³-hybridized carbons (Fsp3) is 0.167. The van der Waals surface area contributed by atoms with Gasteiger partial charge in [0.05, 0.1) is 0 Å². The molecule has 3 aromatic rings. The van der Waals surface area contributed by atoms with Crippen LogP contribution in [0.1, 0.15) is 51.8 Å². The van der Waals surface area contributed by atoms with E-state index in [0.717, 1.165) is 11.1 Å². The zero-order chi connectivity index (χ0) is 20.1. The molecule has 0 amide bonds. The summed E-state index contributed by atoms with van der Waals surface area (Å²) in [6.07, 6.45) is -0.0279. The van der Waals surface area contributed by atoms with Crippen LogP contribution in [0.2, 0.25) is 0 Å². The van der Waals surface area contributed by atoms with Crippen molar-refractivity contribution in [2.75, 3.05) is 0 Å². The average Bonchev–Trinajstić information content (AvgIpc) is 2.69. The van der Waals surface area contributed by atoms with Gasteiger partial charge in [0.2, 0.25) is 0 Å². The fourth-order valence-electron chi connectivity index (χ4n) is 2.89. The van der Waals surface area contributed by atoms with Crippen LogP contribution in [-0.2, 0) is 6.42 Å². The van der Waals surface area contributed by atoms with Crippen LogP contribution < -0.4 is 4.74 Å². The van der Waals surface area contributed by atoms with E-state index >= 15 is 0 Å². The Morgan fingerprint density at radius 3 is 2.25 bits per heavy atom. The molecular weight excluding hydrogens is 355 g/mol. The van der Waals surface area contributed by atoms with Crippen molar-refractivity contribution in [3.05, 3.63) is 101 Å². The first-order valence-corrected chi connectivity index (χ1v) is 9.07. The van der Waals surface area contributed by atoms with E-state index in [9.17, 15) is 14.0 Å². The third-order valence-electron chi connectivity index (χ3n) is 4.53. The van der Waals surface area contributed by atoms with E-state index in [1.165, 1.54) is 19.1 Å². The Bertz CT molecular complexity index is 975. The van der Waals surface area contributed by atoms with Crippen molar-refractivity contribution in [3.8, 4) is 5.75 Å². The third-order valence-corrected chi connectivity index (χ3v) is 4.53. The van der Waals surface area contributed by atoms with Crippen LogP contribution in [0.25, 0.3) is 0 Å². The van der Waals surface area contributed by atoms with Crippen LogP contribution in [0, 0.1) is 5.82 Å². The van der Waals surface area contributed by atoms with E-state index in [4.69, 9.17) is 4.74 Å². The molecule has 0 aliphatic heterocycles. The van der Waals surface area contributed by atoms with Gasteiger partial charge in [-0.1, -0.05) is 48.5 Å². The maximum absolute atomic E-state index is 13.1. The molecule has 1 atom stereocenters. The molecule has 142 valence electrons. The Morgan fingerprint density at radius 2 is 1.61 bits per heavy atom. The highest BCUT2D eigenvalue weighted by atomic mass is 19.1. The van der Waals surface area contributed by atoms with Gasteiger partial charge in [0.1, 0.15) is 17.7 Å². The number of rotatable bonds is 7. The minimum Gasteiger partial charge on any atom is -0.486 e. The van der Waals surface area contributed by atoms with Crippen LogP contribution in [0.5, 0.6) is 5.75 Å².